The van der Waals surface area contributed by atoms with Gasteiger partial charge in [0.25, 0.3) is 5.91 Å². The Balaban J connectivity index is 1.60. The number of Topliss-reactive ketones (excluding diaryl/α,β-unsaturated/α-hetero) is 1. The normalized spacial score (nSPS) is 21.8. The summed E-state index contributed by atoms with van der Waals surface area (Å²) in [7, 11) is 0. The maximum Gasteiger partial charge on any atom is 0.290 e. The van der Waals surface area contributed by atoms with Gasteiger partial charge in [0.2, 0.25) is 0 Å². The average Bonchev–Trinajstić information content (AvgIpc) is 3.36. The van der Waals surface area contributed by atoms with Crippen LogP contribution >= 0.6 is 0 Å². The number of ketones is 1. The molecule has 1 saturated heterocycles. The van der Waals surface area contributed by atoms with Crippen molar-refractivity contribution in [1.82, 2.24) is 9.88 Å². The van der Waals surface area contributed by atoms with Gasteiger partial charge in [0.15, 0.2) is 11.5 Å². The number of aromatic nitrogens is 1. The molecule has 2 atom stereocenters. The largest absolute Gasteiger partial charge is 0.503 e. The van der Waals surface area contributed by atoms with E-state index in [9.17, 15) is 14.7 Å². The minimum atomic E-state index is -0.684. The average molecular weight is 392 g/mol. The summed E-state index contributed by atoms with van der Waals surface area (Å²) in [6, 6.07) is 14.4. The number of hydrogen-bond acceptors (Lipinski definition) is 5. The van der Waals surface area contributed by atoms with Gasteiger partial charge in [0.1, 0.15) is 6.04 Å². The lowest BCUT2D eigenvalue weighted by atomic mass is 9.95. The number of carbonyl (C=O) groups excluding carboxylic acids is 2. The molecule has 6 nitrogen and oxygen atoms in total. The third kappa shape index (κ3) is 4.07. The zero-order valence-electron chi connectivity index (χ0n) is 16.2. The van der Waals surface area contributed by atoms with Crippen LogP contribution in [0.2, 0.25) is 0 Å². The van der Waals surface area contributed by atoms with Crippen molar-refractivity contribution in [2.75, 3.05) is 13.2 Å². The lowest BCUT2D eigenvalue weighted by molar-refractivity contribution is -0.131. The first-order valence-corrected chi connectivity index (χ1v) is 9.99. The van der Waals surface area contributed by atoms with Crippen molar-refractivity contribution in [2.45, 2.75) is 37.8 Å². The van der Waals surface area contributed by atoms with Gasteiger partial charge in [-0.15, -0.1) is 0 Å². The van der Waals surface area contributed by atoms with E-state index >= 15 is 0 Å². The molecule has 0 saturated carbocycles. The number of ether oxygens (including phenoxy) is 1. The summed E-state index contributed by atoms with van der Waals surface area (Å²) in [6.45, 7) is 1.00. The second-order valence-corrected chi connectivity index (χ2v) is 7.42. The van der Waals surface area contributed by atoms with Crippen molar-refractivity contribution in [3.8, 4) is 0 Å². The molecule has 1 aromatic carbocycles. The quantitative estimate of drug-likeness (QED) is 0.783. The SMILES string of the molecule is O=C(CCc1ccccc1)C1=C(O)C(=O)N(CC2CCCO2)C1c1ccccn1. The molecule has 2 aromatic rings. The maximum absolute atomic E-state index is 13.1. The summed E-state index contributed by atoms with van der Waals surface area (Å²) in [4.78, 5) is 31.8. The van der Waals surface area contributed by atoms with E-state index in [4.69, 9.17) is 4.74 Å². The first-order chi connectivity index (χ1) is 14.1. The standard InChI is InChI=1S/C23H24N2O4/c26-19(12-11-16-7-2-1-3-8-16)20-21(18-10-4-5-13-24-18)25(23(28)22(20)27)15-17-9-6-14-29-17/h1-5,7-8,10,13,17,21,27H,6,9,11-12,14-15H2. The Morgan fingerprint density at radius 2 is 1.97 bits per heavy atom. The molecule has 1 N–H and O–H groups in total. The molecule has 3 heterocycles. The van der Waals surface area contributed by atoms with Gasteiger partial charge in [-0.1, -0.05) is 36.4 Å². The summed E-state index contributed by atoms with van der Waals surface area (Å²) < 4.78 is 5.68. The first kappa shape index (κ1) is 19.3. The van der Waals surface area contributed by atoms with Crippen LogP contribution in [0, 0.1) is 0 Å². The van der Waals surface area contributed by atoms with E-state index < -0.39 is 17.7 Å². The van der Waals surface area contributed by atoms with Crippen molar-refractivity contribution in [3.63, 3.8) is 0 Å². The number of pyridine rings is 1. The highest BCUT2D eigenvalue weighted by Gasteiger charge is 2.44. The van der Waals surface area contributed by atoms with Crippen molar-refractivity contribution in [3.05, 3.63) is 77.3 Å². The van der Waals surface area contributed by atoms with E-state index in [1.165, 1.54) is 4.90 Å². The molecule has 2 aliphatic rings. The van der Waals surface area contributed by atoms with E-state index in [0.717, 1.165) is 18.4 Å². The molecule has 0 bridgehead atoms. The van der Waals surface area contributed by atoms with Crippen LogP contribution in [0.3, 0.4) is 0 Å². The van der Waals surface area contributed by atoms with Gasteiger partial charge in [-0.05, 0) is 37.0 Å². The molecule has 29 heavy (non-hydrogen) atoms. The van der Waals surface area contributed by atoms with Gasteiger partial charge in [-0.3, -0.25) is 14.6 Å². The zero-order valence-corrected chi connectivity index (χ0v) is 16.2. The van der Waals surface area contributed by atoms with Gasteiger partial charge in [0, 0.05) is 25.8 Å². The fraction of sp³-hybridized carbons (Fsp3) is 0.348. The first-order valence-electron chi connectivity index (χ1n) is 9.99. The number of rotatable bonds is 7. The molecule has 2 unspecified atom stereocenters. The molecule has 0 radical (unpaired) electrons. The van der Waals surface area contributed by atoms with Crippen LogP contribution in [0.15, 0.2) is 66.1 Å². The molecule has 4 rings (SSSR count). The molecule has 2 aliphatic heterocycles. The second-order valence-electron chi connectivity index (χ2n) is 7.42. The van der Waals surface area contributed by atoms with Crippen molar-refractivity contribution in [2.24, 2.45) is 0 Å². The highest BCUT2D eigenvalue weighted by atomic mass is 16.5. The van der Waals surface area contributed by atoms with Crippen molar-refractivity contribution >= 4 is 11.7 Å². The smallest absolute Gasteiger partial charge is 0.290 e. The minimum Gasteiger partial charge on any atom is -0.503 e. The summed E-state index contributed by atoms with van der Waals surface area (Å²) in [5, 5.41) is 10.6. The fourth-order valence-corrected chi connectivity index (χ4v) is 4.02. The Morgan fingerprint density at radius 1 is 1.17 bits per heavy atom. The molecule has 1 amide bonds. The lowest BCUT2D eigenvalue weighted by Gasteiger charge is -2.28. The van der Waals surface area contributed by atoms with Crippen LogP contribution in [0.5, 0.6) is 0 Å². The molecular formula is C23H24N2O4. The number of aliphatic hydroxyl groups excluding tert-OH is 1. The Hall–Kier alpha value is -2.99. The van der Waals surface area contributed by atoms with Gasteiger partial charge in [-0.25, -0.2) is 0 Å². The third-order valence-corrected chi connectivity index (χ3v) is 5.48. The molecule has 150 valence electrons. The van der Waals surface area contributed by atoms with Gasteiger partial charge >= 0.3 is 0 Å². The summed E-state index contributed by atoms with van der Waals surface area (Å²) in [5.74, 6) is -1.22. The Kier molecular flexibility index (Phi) is 5.71. The van der Waals surface area contributed by atoms with E-state index in [0.29, 0.717) is 25.3 Å². The number of nitrogens with zero attached hydrogens (tertiary/aromatic N) is 2. The summed E-state index contributed by atoms with van der Waals surface area (Å²) in [6.07, 6.45) is 4.11. The number of amides is 1. The van der Waals surface area contributed by atoms with Crippen molar-refractivity contribution in [1.29, 1.82) is 0 Å². The van der Waals surface area contributed by atoms with E-state index in [-0.39, 0.29) is 23.9 Å². The Labute approximate surface area is 169 Å². The van der Waals surface area contributed by atoms with Crippen molar-refractivity contribution < 1.29 is 19.4 Å². The topological polar surface area (TPSA) is 79.7 Å². The minimum absolute atomic E-state index is 0.0864. The van der Waals surface area contributed by atoms with E-state index in [1.54, 1.807) is 18.3 Å². The predicted octanol–water partition coefficient (Wildman–Crippen LogP) is 3.16. The van der Waals surface area contributed by atoms with E-state index in [2.05, 4.69) is 4.98 Å². The monoisotopic (exact) mass is 392 g/mol. The number of hydrogen-bond donors (Lipinski definition) is 1. The van der Waals surface area contributed by atoms with Crippen LogP contribution in [0.25, 0.3) is 0 Å². The summed E-state index contributed by atoms with van der Waals surface area (Å²) >= 11 is 0. The number of benzene rings is 1. The van der Waals surface area contributed by atoms with Gasteiger partial charge in [-0.2, -0.15) is 0 Å². The van der Waals surface area contributed by atoms with Crippen LogP contribution < -0.4 is 0 Å². The highest BCUT2D eigenvalue weighted by Crippen LogP contribution is 2.38. The maximum atomic E-state index is 13.1. The second kappa shape index (κ2) is 8.57. The predicted molar refractivity (Wildman–Crippen MR) is 107 cm³/mol. The molecule has 1 fully saturated rings. The van der Waals surface area contributed by atoms with E-state index in [1.807, 2.05) is 36.4 Å². The van der Waals surface area contributed by atoms with Crippen LogP contribution in [0.4, 0.5) is 0 Å². The highest BCUT2D eigenvalue weighted by molar-refractivity contribution is 6.08. The number of aliphatic hydroxyl groups is 1. The molecule has 0 spiro atoms. The van der Waals surface area contributed by atoms with Crippen LogP contribution in [-0.4, -0.2) is 45.9 Å². The zero-order chi connectivity index (χ0) is 20.2. The molecule has 6 heteroatoms. The number of carbonyl (C=O) groups is 2. The van der Waals surface area contributed by atoms with Gasteiger partial charge in [0.05, 0.1) is 17.4 Å². The lowest BCUT2D eigenvalue weighted by Crippen LogP contribution is -2.37. The Bertz CT molecular complexity index is 905. The molecular weight excluding hydrogens is 368 g/mol. The fourth-order valence-electron chi connectivity index (χ4n) is 4.02. The third-order valence-electron chi connectivity index (χ3n) is 5.48. The summed E-state index contributed by atoms with van der Waals surface area (Å²) in [5.41, 5.74) is 1.75. The molecule has 1 aromatic heterocycles. The van der Waals surface area contributed by atoms with Gasteiger partial charge < -0.3 is 14.7 Å². The van der Waals surface area contributed by atoms with Crippen LogP contribution in [0.1, 0.15) is 36.6 Å². The number of aryl methyl sites for hydroxylation is 1. The molecule has 0 aliphatic carbocycles. The Morgan fingerprint density at radius 3 is 2.66 bits per heavy atom. The van der Waals surface area contributed by atoms with Crippen LogP contribution in [-0.2, 0) is 20.7 Å².